The maximum absolute atomic E-state index is 11.7. The number of hydrogen-bond donors (Lipinski definition) is 0. The van der Waals surface area contributed by atoms with Crippen molar-refractivity contribution in [3.05, 3.63) is 12.2 Å². The quantitative estimate of drug-likeness (QED) is 0.290. The molecule has 0 aromatic carbocycles. The highest BCUT2D eigenvalue weighted by Crippen LogP contribution is 2.41. The van der Waals surface area contributed by atoms with E-state index < -0.39 is 0 Å². The van der Waals surface area contributed by atoms with E-state index in [0.717, 1.165) is 37.0 Å². The van der Waals surface area contributed by atoms with Gasteiger partial charge in [0, 0.05) is 6.08 Å². The predicted molar refractivity (Wildman–Crippen MR) is 101 cm³/mol. The fourth-order valence-corrected chi connectivity index (χ4v) is 4.73. The van der Waals surface area contributed by atoms with Crippen molar-refractivity contribution in [1.29, 1.82) is 0 Å². The first-order valence-corrected chi connectivity index (χ1v) is 10.6. The third-order valence-electron chi connectivity index (χ3n) is 6.27. The van der Waals surface area contributed by atoms with Gasteiger partial charge in [0.15, 0.2) is 0 Å². The molecule has 0 atom stereocenters. The van der Waals surface area contributed by atoms with E-state index in [1.54, 1.807) is 6.08 Å². The second-order valence-corrected chi connectivity index (χ2v) is 8.06. The first-order valence-electron chi connectivity index (χ1n) is 10.6. The fraction of sp³-hybridized carbons (Fsp3) is 0.864. The van der Waals surface area contributed by atoms with Crippen molar-refractivity contribution in [2.45, 2.75) is 103 Å². The summed E-state index contributed by atoms with van der Waals surface area (Å²) < 4.78 is 5.58. The van der Waals surface area contributed by atoms with Gasteiger partial charge in [-0.3, -0.25) is 0 Å². The minimum absolute atomic E-state index is 0.145. The van der Waals surface area contributed by atoms with Gasteiger partial charge < -0.3 is 4.74 Å². The van der Waals surface area contributed by atoms with Crippen molar-refractivity contribution >= 4 is 5.97 Å². The average molecular weight is 335 g/mol. The van der Waals surface area contributed by atoms with Crippen LogP contribution < -0.4 is 0 Å². The van der Waals surface area contributed by atoms with Gasteiger partial charge in [-0.1, -0.05) is 58.4 Å². The summed E-state index contributed by atoms with van der Waals surface area (Å²) in [6, 6.07) is 0. The van der Waals surface area contributed by atoms with Crippen LogP contribution >= 0.6 is 0 Å². The molecule has 2 nitrogen and oxygen atoms in total. The van der Waals surface area contributed by atoms with E-state index in [4.69, 9.17) is 4.74 Å². The third-order valence-corrected chi connectivity index (χ3v) is 6.27. The van der Waals surface area contributed by atoms with Gasteiger partial charge in [0.2, 0.25) is 0 Å². The molecule has 0 aromatic heterocycles. The van der Waals surface area contributed by atoms with Gasteiger partial charge in [-0.2, -0.15) is 0 Å². The zero-order valence-corrected chi connectivity index (χ0v) is 16.0. The lowest BCUT2D eigenvalue weighted by Crippen LogP contribution is -2.29. The van der Waals surface area contributed by atoms with Crippen LogP contribution in [0.4, 0.5) is 0 Å². The van der Waals surface area contributed by atoms with E-state index in [-0.39, 0.29) is 12.1 Å². The number of carbonyl (C=O) groups excluding carboxylic acids is 1. The molecular weight excluding hydrogens is 296 g/mol. The summed E-state index contributed by atoms with van der Waals surface area (Å²) in [5, 5.41) is 0. The van der Waals surface area contributed by atoms with Crippen LogP contribution in [0.5, 0.6) is 0 Å². The number of allylic oxidation sites excluding steroid dienone is 1. The standard InChI is InChI=1S/C22H38O2/c1-3-5-7-8-18-10-12-19(13-11-18)20-14-16-21(17-15-20)24-22(23)9-6-4-2/h6,9,18-21H,3-5,7-8,10-17H2,1-2H3/b9-6+. The molecular formula is C22H38O2. The highest BCUT2D eigenvalue weighted by molar-refractivity contribution is 5.82. The Bertz CT molecular complexity index is 371. The predicted octanol–water partition coefficient (Wildman–Crippen LogP) is 6.44. The molecule has 2 fully saturated rings. The second kappa shape index (κ2) is 10.9. The summed E-state index contributed by atoms with van der Waals surface area (Å²) >= 11 is 0. The molecule has 2 saturated carbocycles. The minimum atomic E-state index is -0.145. The average Bonchev–Trinajstić information content (AvgIpc) is 2.61. The third kappa shape index (κ3) is 6.61. The van der Waals surface area contributed by atoms with Gasteiger partial charge in [-0.25, -0.2) is 4.79 Å². The molecule has 0 aliphatic heterocycles. The fourth-order valence-electron chi connectivity index (χ4n) is 4.73. The van der Waals surface area contributed by atoms with Crippen LogP contribution in [0.3, 0.4) is 0 Å². The summed E-state index contributed by atoms with van der Waals surface area (Å²) in [6.45, 7) is 4.33. The van der Waals surface area contributed by atoms with E-state index in [1.807, 2.05) is 13.0 Å². The molecule has 0 amide bonds. The van der Waals surface area contributed by atoms with Crippen LogP contribution in [0.25, 0.3) is 0 Å². The van der Waals surface area contributed by atoms with E-state index in [2.05, 4.69) is 6.92 Å². The Kier molecular flexibility index (Phi) is 8.91. The van der Waals surface area contributed by atoms with E-state index >= 15 is 0 Å². The van der Waals surface area contributed by atoms with Crippen molar-refractivity contribution in [3.63, 3.8) is 0 Å². The van der Waals surface area contributed by atoms with E-state index in [9.17, 15) is 4.79 Å². The molecule has 0 N–H and O–H groups in total. The van der Waals surface area contributed by atoms with Gasteiger partial charge in [0.1, 0.15) is 6.10 Å². The van der Waals surface area contributed by atoms with Crippen molar-refractivity contribution in [2.24, 2.45) is 17.8 Å². The van der Waals surface area contributed by atoms with Crippen molar-refractivity contribution < 1.29 is 9.53 Å². The number of rotatable bonds is 8. The SMILES string of the molecule is CC/C=C/C(=O)OC1CCC(C2CCC(CCCCC)CC2)CC1. The van der Waals surface area contributed by atoms with Crippen LogP contribution in [0.15, 0.2) is 12.2 Å². The van der Waals surface area contributed by atoms with Gasteiger partial charge in [0.05, 0.1) is 0 Å². The molecule has 24 heavy (non-hydrogen) atoms. The molecule has 2 heteroatoms. The van der Waals surface area contributed by atoms with Gasteiger partial charge in [0.25, 0.3) is 0 Å². The Balaban J connectivity index is 1.63. The Morgan fingerprint density at radius 2 is 1.54 bits per heavy atom. The van der Waals surface area contributed by atoms with Crippen LogP contribution in [0.2, 0.25) is 0 Å². The molecule has 0 aromatic rings. The van der Waals surface area contributed by atoms with Crippen molar-refractivity contribution in [3.8, 4) is 0 Å². The van der Waals surface area contributed by atoms with Crippen LogP contribution in [-0.2, 0) is 9.53 Å². The first kappa shape index (κ1) is 19.5. The van der Waals surface area contributed by atoms with E-state index in [0.29, 0.717) is 0 Å². The van der Waals surface area contributed by atoms with Crippen LogP contribution in [0, 0.1) is 17.8 Å². The lowest BCUT2D eigenvalue weighted by Gasteiger charge is -2.37. The van der Waals surface area contributed by atoms with Crippen LogP contribution in [0.1, 0.15) is 97.3 Å². The number of carbonyl (C=O) groups is 1. The van der Waals surface area contributed by atoms with Gasteiger partial charge >= 0.3 is 5.97 Å². The number of esters is 1. The lowest BCUT2D eigenvalue weighted by atomic mass is 9.70. The molecule has 0 unspecified atom stereocenters. The molecule has 0 saturated heterocycles. The molecule has 2 aliphatic carbocycles. The van der Waals surface area contributed by atoms with Gasteiger partial charge in [-0.05, 0) is 62.7 Å². The second-order valence-electron chi connectivity index (χ2n) is 8.06. The van der Waals surface area contributed by atoms with Crippen molar-refractivity contribution in [2.75, 3.05) is 0 Å². The zero-order chi connectivity index (χ0) is 17.2. The Hall–Kier alpha value is -0.790. The molecule has 0 radical (unpaired) electrons. The molecule has 0 bridgehead atoms. The molecule has 2 aliphatic rings. The smallest absolute Gasteiger partial charge is 0.330 e. The number of hydrogen-bond acceptors (Lipinski definition) is 2. The zero-order valence-electron chi connectivity index (χ0n) is 16.0. The highest BCUT2D eigenvalue weighted by Gasteiger charge is 2.31. The first-order chi connectivity index (χ1) is 11.7. The highest BCUT2D eigenvalue weighted by atomic mass is 16.5. The van der Waals surface area contributed by atoms with Crippen LogP contribution in [-0.4, -0.2) is 12.1 Å². The van der Waals surface area contributed by atoms with E-state index in [1.165, 1.54) is 64.2 Å². The largest absolute Gasteiger partial charge is 0.459 e. The molecule has 0 spiro atoms. The summed E-state index contributed by atoms with van der Waals surface area (Å²) in [5.74, 6) is 2.70. The number of unbranched alkanes of at least 4 members (excludes halogenated alkanes) is 2. The van der Waals surface area contributed by atoms with Crippen molar-refractivity contribution in [1.82, 2.24) is 0 Å². The maximum Gasteiger partial charge on any atom is 0.330 e. The molecule has 2 rings (SSSR count). The summed E-state index contributed by atoms with van der Waals surface area (Å²) in [5.41, 5.74) is 0. The minimum Gasteiger partial charge on any atom is -0.459 e. The lowest BCUT2D eigenvalue weighted by molar-refractivity contribution is -0.145. The summed E-state index contributed by atoms with van der Waals surface area (Å²) in [6.07, 6.45) is 20.7. The Labute approximate surface area is 149 Å². The topological polar surface area (TPSA) is 26.3 Å². The summed E-state index contributed by atoms with van der Waals surface area (Å²) in [7, 11) is 0. The summed E-state index contributed by atoms with van der Waals surface area (Å²) in [4.78, 5) is 11.7. The molecule has 138 valence electrons. The maximum atomic E-state index is 11.7. The molecule has 0 heterocycles. The Morgan fingerprint density at radius 3 is 2.12 bits per heavy atom. The monoisotopic (exact) mass is 334 g/mol. The normalized spacial score (nSPS) is 31.2. The van der Waals surface area contributed by atoms with Gasteiger partial charge in [-0.15, -0.1) is 0 Å². The number of ether oxygens (including phenoxy) is 1. The Morgan fingerprint density at radius 1 is 0.917 bits per heavy atom.